The summed E-state index contributed by atoms with van der Waals surface area (Å²) in [5.74, 6) is 0.139. The van der Waals surface area contributed by atoms with E-state index in [2.05, 4.69) is 5.11 Å². The van der Waals surface area contributed by atoms with E-state index in [9.17, 15) is 16.8 Å². The van der Waals surface area contributed by atoms with E-state index in [1.165, 1.54) is 6.07 Å². The van der Waals surface area contributed by atoms with E-state index >= 15 is 0 Å². The van der Waals surface area contributed by atoms with Crippen LogP contribution in [-0.2, 0) is 0 Å². The molecule has 11 heteroatoms. The third-order valence-electron chi connectivity index (χ3n) is 2.65. The van der Waals surface area contributed by atoms with Gasteiger partial charge in [-0.25, -0.2) is 0 Å². The second-order valence-electron chi connectivity index (χ2n) is 4.76. The Labute approximate surface area is 130 Å². The van der Waals surface area contributed by atoms with Gasteiger partial charge in [0.1, 0.15) is 0 Å². The smallest absolute Gasteiger partial charge is 0 e. The Balaban J connectivity index is 0.00000232. The van der Waals surface area contributed by atoms with Gasteiger partial charge in [0.05, 0.1) is 0 Å². The summed E-state index contributed by atoms with van der Waals surface area (Å²) in [6.07, 6.45) is 0.457. The Morgan fingerprint density at radius 3 is 2.17 bits per heavy atom. The first-order chi connectivity index (χ1) is 10.5. The van der Waals surface area contributed by atoms with Crippen LogP contribution in [0.4, 0.5) is 37.3 Å². The Morgan fingerprint density at radius 2 is 1.74 bits per heavy atom. The molecule has 134 valence electrons. The van der Waals surface area contributed by atoms with Crippen LogP contribution in [-0.4, -0.2) is 20.2 Å². The predicted molar refractivity (Wildman–Crippen MR) is 79.2 cm³/mol. The Morgan fingerprint density at radius 1 is 1.17 bits per heavy atom. The van der Waals surface area contributed by atoms with Crippen LogP contribution in [0.5, 0.6) is 5.75 Å². The number of ether oxygens (including phenoxy) is 1. The standard InChI is InChI=1S/C12H18F4N3OP.F2/c1-5-9(2)20-12-8-10(19(3)4)6-7-11(12)17-18-21(13,14,15)16;1-2/h6-9H,5H2,1-4H3;. The molecule has 0 aliphatic carbocycles. The second-order valence-corrected chi connectivity index (χ2v) is 6.31. The van der Waals surface area contributed by atoms with Crippen molar-refractivity contribution in [3.8, 4) is 5.75 Å². The summed E-state index contributed by atoms with van der Waals surface area (Å²) in [5, 5.41) is 2.98. The summed E-state index contributed by atoms with van der Waals surface area (Å²) in [5.41, 5.74) is 0.575. The fraction of sp³-hybridized carbons (Fsp3) is 0.500. The minimum Gasteiger partial charge on any atom is 0 e. The second kappa shape index (κ2) is 8.33. The number of nitrogens with zero attached hydrogens (tertiary/aromatic N) is 3. The van der Waals surface area contributed by atoms with Gasteiger partial charge in [0, 0.05) is 9.15 Å². The first kappa shape index (κ1) is 21.4. The average Bonchev–Trinajstić information content (AvgIpc) is 2.46. The maximum Gasteiger partial charge on any atom is 0 e. The Bertz CT molecular complexity index is 526. The van der Waals surface area contributed by atoms with E-state index in [0.29, 0.717) is 6.42 Å². The fourth-order valence-electron chi connectivity index (χ4n) is 1.37. The van der Waals surface area contributed by atoms with E-state index in [1.54, 1.807) is 38.1 Å². The number of anilines is 1. The molecule has 0 heterocycles. The number of rotatable bonds is 6. The van der Waals surface area contributed by atoms with Crippen molar-refractivity contribution in [2.75, 3.05) is 19.0 Å². The molecule has 0 bridgehead atoms. The fourth-order valence-corrected chi connectivity index (χ4v) is 1.61. The van der Waals surface area contributed by atoms with Gasteiger partial charge >= 0.3 is 120 Å². The maximum atomic E-state index is 12.3. The molecule has 1 atom stereocenters. The van der Waals surface area contributed by atoms with E-state index in [-0.39, 0.29) is 17.5 Å². The molecule has 1 aromatic rings. The molecule has 23 heavy (non-hydrogen) atoms. The molecule has 0 aliphatic heterocycles. The third kappa shape index (κ3) is 8.59. The molecule has 4 nitrogen and oxygen atoms in total. The summed E-state index contributed by atoms with van der Waals surface area (Å²) in [4.78, 5) is 3.69. The molecule has 0 aromatic heterocycles. The quantitative estimate of drug-likeness (QED) is 0.314. The van der Waals surface area contributed by atoms with Gasteiger partial charge in [0.2, 0.25) is 0 Å². The summed E-state index contributed by atoms with van der Waals surface area (Å²) in [6, 6.07) is 4.42. The summed E-state index contributed by atoms with van der Waals surface area (Å²) < 4.78 is 70.5. The van der Waals surface area contributed by atoms with Gasteiger partial charge in [-0.15, -0.1) is 0 Å². The Hall–Kier alpha value is -1.57. The minimum atomic E-state index is -8.02. The van der Waals surface area contributed by atoms with Crippen molar-refractivity contribution in [1.82, 2.24) is 0 Å². The van der Waals surface area contributed by atoms with E-state index in [1.807, 2.05) is 11.8 Å². The largest absolute Gasteiger partial charge is 0 e. The molecule has 0 N–H and O–H groups in total. The zero-order valence-corrected chi connectivity index (χ0v) is 13.9. The normalized spacial score (nSPS) is 14.4. The summed E-state index contributed by atoms with van der Waals surface area (Å²) >= 11 is 0. The zero-order valence-electron chi connectivity index (χ0n) is 13.0. The van der Waals surface area contributed by atoms with Crippen molar-refractivity contribution in [2.24, 2.45) is 10.00 Å². The molecular weight excluding hydrogens is 347 g/mol. The first-order valence-electron chi connectivity index (χ1n) is 6.43. The molecule has 0 saturated carbocycles. The molecule has 0 radical (unpaired) electrons. The number of benzene rings is 1. The van der Waals surface area contributed by atoms with Gasteiger partial charge in [0.15, 0.2) is 0 Å². The van der Waals surface area contributed by atoms with Crippen molar-refractivity contribution in [1.29, 1.82) is 0 Å². The molecule has 0 spiro atoms. The number of halogens is 6. The van der Waals surface area contributed by atoms with E-state index in [4.69, 9.17) is 13.9 Å². The third-order valence-corrected chi connectivity index (χ3v) is 3.01. The van der Waals surface area contributed by atoms with Gasteiger partial charge < -0.3 is 0 Å². The van der Waals surface area contributed by atoms with E-state index < -0.39 is 8.00 Å². The number of hydrogen-bond acceptors (Lipinski definition) is 4. The summed E-state index contributed by atoms with van der Waals surface area (Å²) in [7, 11) is -4.46. The Kier molecular flexibility index (Phi) is 7.76. The predicted octanol–water partition coefficient (Wildman–Crippen LogP) is 6.86. The molecule has 1 aromatic carbocycles. The van der Waals surface area contributed by atoms with Gasteiger partial charge in [-0.1, -0.05) is 0 Å². The van der Waals surface area contributed by atoms with Crippen molar-refractivity contribution < 1.29 is 30.7 Å². The maximum absolute atomic E-state index is 12.3. The van der Waals surface area contributed by atoms with Crippen molar-refractivity contribution in [2.45, 2.75) is 26.4 Å². The van der Waals surface area contributed by atoms with Crippen molar-refractivity contribution in [3.63, 3.8) is 0 Å². The molecule has 0 amide bonds. The molecule has 0 aliphatic rings. The number of hydrogen-bond donors (Lipinski definition) is 0. The molecule has 0 fully saturated rings. The topological polar surface area (TPSA) is 37.2 Å². The van der Waals surface area contributed by atoms with Gasteiger partial charge in [-0.05, 0) is 0 Å². The van der Waals surface area contributed by atoms with Crippen LogP contribution in [0.1, 0.15) is 20.3 Å². The summed E-state index contributed by atoms with van der Waals surface area (Å²) in [6.45, 7) is 3.65. The molecule has 0 saturated heterocycles. The van der Waals surface area contributed by atoms with E-state index in [0.717, 1.165) is 5.69 Å². The van der Waals surface area contributed by atoms with Crippen molar-refractivity contribution >= 4 is 19.4 Å². The van der Waals surface area contributed by atoms with Crippen LogP contribution in [0.15, 0.2) is 28.2 Å². The minimum absolute atomic E-state index is 0.139. The zero-order chi connectivity index (χ0) is 18.3. The first-order valence-corrected chi connectivity index (χ1v) is 8.18. The average molecular weight is 365 g/mol. The van der Waals surface area contributed by atoms with Crippen LogP contribution in [0.3, 0.4) is 0 Å². The van der Waals surface area contributed by atoms with Gasteiger partial charge in [-0.2, -0.15) is 0 Å². The van der Waals surface area contributed by atoms with Crippen LogP contribution < -0.4 is 9.64 Å². The molecular formula is C12H18F6N3OP. The SMILES string of the molecule is CCC(C)Oc1cc(N(C)C)ccc1N=NP(F)(F)(F)F.FF. The van der Waals surface area contributed by atoms with Crippen LogP contribution in [0, 0.1) is 0 Å². The van der Waals surface area contributed by atoms with Crippen molar-refractivity contribution in [3.05, 3.63) is 18.2 Å². The van der Waals surface area contributed by atoms with Gasteiger partial charge in [-0.3, -0.25) is 0 Å². The van der Waals surface area contributed by atoms with Crippen LogP contribution >= 0.6 is 8.00 Å². The molecule has 1 rings (SSSR count). The van der Waals surface area contributed by atoms with Crippen LogP contribution in [0.2, 0.25) is 0 Å². The van der Waals surface area contributed by atoms with Crippen LogP contribution in [0.25, 0.3) is 0 Å². The monoisotopic (exact) mass is 365 g/mol. The molecule has 1 unspecified atom stereocenters. The van der Waals surface area contributed by atoms with Gasteiger partial charge in [0.25, 0.3) is 0 Å².